The second kappa shape index (κ2) is 4.76. The van der Waals surface area contributed by atoms with Gasteiger partial charge in [-0.3, -0.25) is 0 Å². The Morgan fingerprint density at radius 3 is 2.71 bits per heavy atom. The van der Waals surface area contributed by atoms with E-state index in [-0.39, 0.29) is 11.5 Å². The molecular weight excluding hydrogens is 238 g/mol. The van der Waals surface area contributed by atoms with Crippen LogP contribution in [0.3, 0.4) is 0 Å². The molecule has 1 aliphatic rings. The minimum absolute atomic E-state index is 0.147. The quantitative estimate of drug-likeness (QED) is 0.830. The molecule has 1 aliphatic carbocycles. The van der Waals surface area contributed by atoms with E-state index in [0.29, 0.717) is 23.6 Å². The number of hydrogen-bond donors (Lipinski definition) is 2. The smallest absolute Gasteiger partial charge is 0.240 e. The Morgan fingerprint density at radius 1 is 1.41 bits per heavy atom. The molecule has 0 radical (unpaired) electrons. The van der Waals surface area contributed by atoms with Gasteiger partial charge in [-0.05, 0) is 42.9 Å². The summed E-state index contributed by atoms with van der Waals surface area (Å²) >= 11 is 0. The molecule has 5 heteroatoms. The Morgan fingerprint density at radius 2 is 2.12 bits per heavy atom. The summed E-state index contributed by atoms with van der Waals surface area (Å²) in [5, 5.41) is 9.03. The molecule has 2 rings (SSSR count). The van der Waals surface area contributed by atoms with E-state index in [2.05, 4.69) is 4.72 Å². The summed E-state index contributed by atoms with van der Waals surface area (Å²) in [7, 11) is -3.44. The molecule has 1 saturated carbocycles. The molecule has 1 fully saturated rings. The Balaban J connectivity index is 2.23. The van der Waals surface area contributed by atoms with Crippen LogP contribution >= 0.6 is 0 Å². The fourth-order valence-corrected chi connectivity index (χ4v) is 3.07. The highest BCUT2D eigenvalue weighted by Crippen LogP contribution is 2.28. The lowest BCUT2D eigenvalue weighted by Gasteiger charge is -2.10. The molecule has 17 heavy (non-hydrogen) atoms. The van der Waals surface area contributed by atoms with E-state index in [0.717, 1.165) is 12.8 Å². The first-order valence-corrected chi connectivity index (χ1v) is 7.21. The molecule has 0 amide bonds. The van der Waals surface area contributed by atoms with Gasteiger partial charge in [0.2, 0.25) is 10.0 Å². The molecule has 0 aromatic heterocycles. The number of benzene rings is 1. The van der Waals surface area contributed by atoms with Crippen LogP contribution in [-0.2, 0) is 16.6 Å². The summed E-state index contributed by atoms with van der Waals surface area (Å²) in [6.45, 7) is 2.13. The maximum atomic E-state index is 12.1. The van der Waals surface area contributed by atoms with Gasteiger partial charge in [0.05, 0.1) is 11.5 Å². The first kappa shape index (κ1) is 12.5. The number of aliphatic hydroxyl groups excluding tert-OH is 1. The average molecular weight is 255 g/mol. The van der Waals surface area contributed by atoms with Crippen LogP contribution in [0.2, 0.25) is 0 Å². The van der Waals surface area contributed by atoms with Crippen LogP contribution in [-0.4, -0.2) is 20.1 Å². The number of nitrogens with one attached hydrogen (secondary N) is 1. The van der Waals surface area contributed by atoms with Crippen molar-refractivity contribution >= 4 is 10.0 Å². The highest BCUT2D eigenvalue weighted by molar-refractivity contribution is 7.89. The zero-order chi connectivity index (χ0) is 12.5. The summed E-state index contributed by atoms with van der Waals surface area (Å²) in [6.07, 6.45) is 2.22. The summed E-state index contributed by atoms with van der Waals surface area (Å²) < 4.78 is 26.7. The second-order valence-electron chi connectivity index (χ2n) is 4.55. The largest absolute Gasteiger partial charge is 0.392 e. The summed E-state index contributed by atoms with van der Waals surface area (Å²) in [4.78, 5) is 0.268. The Bertz CT molecular complexity index is 506. The Hall–Kier alpha value is -0.910. The van der Waals surface area contributed by atoms with Crippen molar-refractivity contribution in [2.24, 2.45) is 5.92 Å². The maximum absolute atomic E-state index is 12.1. The van der Waals surface area contributed by atoms with E-state index in [4.69, 9.17) is 5.11 Å². The summed E-state index contributed by atoms with van der Waals surface area (Å²) in [5.41, 5.74) is 1.31. The van der Waals surface area contributed by atoms with Gasteiger partial charge in [0.1, 0.15) is 0 Å². The topological polar surface area (TPSA) is 66.4 Å². The highest BCUT2D eigenvalue weighted by Gasteiger charge is 2.25. The van der Waals surface area contributed by atoms with Crippen molar-refractivity contribution in [1.29, 1.82) is 0 Å². The summed E-state index contributed by atoms with van der Waals surface area (Å²) in [6, 6.07) is 4.98. The monoisotopic (exact) mass is 255 g/mol. The minimum atomic E-state index is -3.44. The lowest BCUT2D eigenvalue weighted by atomic mass is 10.2. The third kappa shape index (κ3) is 3.06. The van der Waals surface area contributed by atoms with Crippen LogP contribution in [0.25, 0.3) is 0 Å². The average Bonchev–Trinajstić information content (AvgIpc) is 3.11. The molecule has 0 heterocycles. The molecule has 0 saturated heterocycles. The second-order valence-corrected chi connectivity index (χ2v) is 6.29. The Labute approximate surface area is 102 Å². The molecular formula is C12H17NO3S. The van der Waals surface area contributed by atoms with Crippen LogP contribution < -0.4 is 4.72 Å². The molecule has 0 bridgehead atoms. The maximum Gasteiger partial charge on any atom is 0.240 e. The van der Waals surface area contributed by atoms with Crippen molar-refractivity contribution in [2.45, 2.75) is 31.3 Å². The van der Waals surface area contributed by atoms with Gasteiger partial charge in [-0.15, -0.1) is 0 Å². The van der Waals surface area contributed by atoms with Gasteiger partial charge in [-0.1, -0.05) is 12.1 Å². The van der Waals surface area contributed by atoms with E-state index < -0.39 is 10.0 Å². The van der Waals surface area contributed by atoms with E-state index in [1.165, 1.54) is 6.07 Å². The standard InChI is InChI=1S/C12H17NO3S/c1-9-2-3-11(8-14)6-12(9)17(15,16)13-7-10-4-5-10/h2-3,6,10,13-14H,4-5,7-8H2,1H3. The molecule has 94 valence electrons. The number of rotatable bonds is 5. The molecule has 1 aromatic rings. The predicted octanol–water partition coefficient (Wildman–Crippen LogP) is 1.18. The van der Waals surface area contributed by atoms with Gasteiger partial charge in [-0.2, -0.15) is 0 Å². The van der Waals surface area contributed by atoms with Crippen molar-refractivity contribution in [3.63, 3.8) is 0 Å². The number of hydrogen-bond acceptors (Lipinski definition) is 3. The molecule has 2 N–H and O–H groups in total. The van der Waals surface area contributed by atoms with Gasteiger partial charge >= 0.3 is 0 Å². The zero-order valence-corrected chi connectivity index (χ0v) is 10.6. The van der Waals surface area contributed by atoms with E-state index >= 15 is 0 Å². The van der Waals surface area contributed by atoms with Crippen LogP contribution in [0.15, 0.2) is 23.1 Å². The summed E-state index contributed by atoms with van der Waals surface area (Å²) in [5.74, 6) is 0.506. The number of aliphatic hydroxyl groups is 1. The van der Waals surface area contributed by atoms with Gasteiger partial charge < -0.3 is 5.11 Å². The van der Waals surface area contributed by atoms with E-state index in [1.807, 2.05) is 0 Å². The van der Waals surface area contributed by atoms with Crippen molar-refractivity contribution in [2.75, 3.05) is 6.54 Å². The van der Waals surface area contributed by atoms with Gasteiger partial charge in [0.15, 0.2) is 0 Å². The van der Waals surface area contributed by atoms with Gasteiger partial charge in [0.25, 0.3) is 0 Å². The fourth-order valence-electron chi connectivity index (χ4n) is 1.66. The number of aryl methyl sites for hydroxylation is 1. The lowest BCUT2D eigenvalue weighted by Crippen LogP contribution is -2.26. The molecule has 4 nitrogen and oxygen atoms in total. The van der Waals surface area contributed by atoms with Crippen LogP contribution in [0, 0.1) is 12.8 Å². The first-order chi connectivity index (χ1) is 8.03. The van der Waals surface area contributed by atoms with Crippen molar-refractivity contribution < 1.29 is 13.5 Å². The van der Waals surface area contributed by atoms with Crippen LogP contribution in [0.5, 0.6) is 0 Å². The van der Waals surface area contributed by atoms with Crippen molar-refractivity contribution in [3.8, 4) is 0 Å². The van der Waals surface area contributed by atoms with Gasteiger partial charge in [0, 0.05) is 6.54 Å². The fraction of sp³-hybridized carbons (Fsp3) is 0.500. The molecule has 1 aromatic carbocycles. The Kier molecular flexibility index (Phi) is 3.51. The van der Waals surface area contributed by atoms with E-state index in [9.17, 15) is 8.42 Å². The van der Waals surface area contributed by atoms with Crippen molar-refractivity contribution in [1.82, 2.24) is 4.72 Å². The lowest BCUT2D eigenvalue weighted by molar-refractivity contribution is 0.281. The molecule has 0 aliphatic heterocycles. The number of sulfonamides is 1. The molecule has 0 spiro atoms. The predicted molar refractivity (Wildman–Crippen MR) is 65.0 cm³/mol. The molecule has 0 unspecified atom stereocenters. The van der Waals surface area contributed by atoms with Gasteiger partial charge in [-0.25, -0.2) is 13.1 Å². The SMILES string of the molecule is Cc1ccc(CO)cc1S(=O)(=O)NCC1CC1. The molecule has 0 atom stereocenters. The van der Waals surface area contributed by atoms with Crippen LogP contribution in [0.1, 0.15) is 24.0 Å². The minimum Gasteiger partial charge on any atom is -0.392 e. The first-order valence-electron chi connectivity index (χ1n) is 5.73. The third-order valence-corrected chi connectivity index (χ3v) is 4.55. The normalized spacial score (nSPS) is 16.1. The van der Waals surface area contributed by atoms with E-state index in [1.54, 1.807) is 19.1 Å². The third-order valence-electron chi connectivity index (χ3n) is 2.98. The zero-order valence-electron chi connectivity index (χ0n) is 9.81. The highest BCUT2D eigenvalue weighted by atomic mass is 32.2. The van der Waals surface area contributed by atoms with Crippen LogP contribution in [0.4, 0.5) is 0 Å². The van der Waals surface area contributed by atoms with Crippen molar-refractivity contribution in [3.05, 3.63) is 29.3 Å².